The highest BCUT2D eigenvalue weighted by Gasteiger charge is 2.35. The lowest BCUT2D eigenvalue weighted by molar-refractivity contribution is 0.164. The van der Waals surface area contributed by atoms with Crippen LogP contribution in [0, 0.1) is 11.6 Å². The molecular formula is C16H18F2N2O. The molecule has 1 aliphatic carbocycles. The number of halogens is 2. The Bertz CT molecular complexity index is 596. The predicted octanol–water partition coefficient (Wildman–Crippen LogP) is 3.22. The molecule has 0 spiro atoms. The number of hydrogen-bond donors (Lipinski definition) is 1. The molecule has 0 radical (unpaired) electrons. The molecule has 1 aromatic heterocycles. The molecule has 1 unspecified atom stereocenters. The molecule has 2 aromatic rings. The van der Waals surface area contributed by atoms with Crippen molar-refractivity contribution in [2.24, 2.45) is 5.73 Å². The molecule has 1 fully saturated rings. The standard InChI is InChI=1S/C16H18F2N2O/c17-11-3-6-15(18)14(8-11)16(9-19)20(12-4-5-12)10-13-2-1-7-21-13/h1-3,6-8,12,16H,4-5,9-10,19H2. The van der Waals surface area contributed by atoms with Crippen LogP contribution in [0.25, 0.3) is 0 Å². The van der Waals surface area contributed by atoms with Crippen molar-refractivity contribution < 1.29 is 13.2 Å². The van der Waals surface area contributed by atoms with Crippen molar-refractivity contribution in [1.29, 1.82) is 0 Å². The second-order valence-corrected chi connectivity index (χ2v) is 5.40. The summed E-state index contributed by atoms with van der Waals surface area (Å²) in [6.07, 6.45) is 3.71. The van der Waals surface area contributed by atoms with Crippen molar-refractivity contribution in [1.82, 2.24) is 4.90 Å². The van der Waals surface area contributed by atoms with E-state index in [1.807, 2.05) is 12.1 Å². The molecule has 0 bridgehead atoms. The minimum absolute atomic E-state index is 0.234. The van der Waals surface area contributed by atoms with E-state index in [9.17, 15) is 8.78 Å². The molecule has 1 heterocycles. The van der Waals surface area contributed by atoms with Gasteiger partial charge in [0.25, 0.3) is 0 Å². The Morgan fingerprint density at radius 2 is 2.10 bits per heavy atom. The molecule has 2 N–H and O–H groups in total. The van der Waals surface area contributed by atoms with E-state index in [-0.39, 0.29) is 12.6 Å². The van der Waals surface area contributed by atoms with Crippen LogP contribution in [0.5, 0.6) is 0 Å². The fraction of sp³-hybridized carbons (Fsp3) is 0.375. The van der Waals surface area contributed by atoms with Gasteiger partial charge in [0.15, 0.2) is 0 Å². The van der Waals surface area contributed by atoms with Crippen molar-refractivity contribution in [2.45, 2.75) is 31.5 Å². The van der Waals surface area contributed by atoms with E-state index < -0.39 is 11.6 Å². The number of nitrogens with two attached hydrogens (primary N) is 1. The molecule has 0 amide bonds. The summed E-state index contributed by atoms with van der Waals surface area (Å²) in [5, 5.41) is 0. The van der Waals surface area contributed by atoms with Crippen LogP contribution in [-0.2, 0) is 6.54 Å². The molecule has 1 aromatic carbocycles. The van der Waals surface area contributed by atoms with E-state index in [2.05, 4.69) is 4.90 Å². The molecule has 1 aliphatic rings. The van der Waals surface area contributed by atoms with Gasteiger partial charge in [0, 0.05) is 18.2 Å². The number of furan rings is 1. The van der Waals surface area contributed by atoms with Crippen LogP contribution in [0.2, 0.25) is 0 Å². The zero-order valence-electron chi connectivity index (χ0n) is 11.6. The van der Waals surface area contributed by atoms with Crippen LogP contribution in [0.4, 0.5) is 8.78 Å². The summed E-state index contributed by atoms with van der Waals surface area (Å²) in [5.74, 6) is -0.0623. The van der Waals surface area contributed by atoms with Gasteiger partial charge in [-0.3, -0.25) is 4.90 Å². The molecule has 112 valence electrons. The van der Waals surface area contributed by atoms with Gasteiger partial charge in [-0.25, -0.2) is 8.78 Å². The van der Waals surface area contributed by atoms with Crippen LogP contribution in [0.3, 0.4) is 0 Å². The monoisotopic (exact) mass is 292 g/mol. The Labute approximate surface area is 122 Å². The first-order valence-corrected chi connectivity index (χ1v) is 7.12. The number of benzene rings is 1. The summed E-state index contributed by atoms with van der Waals surface area (Å²) >= 11 is 0. The van der Waals surface area contributed by atoms with Crippen molar-refractivity contribution in [3.8, 4) is 0 Å². The lowest BCUT2D eigenvalue weighted by Crippen LogP contribution is -2.35. The molecule has 1 atom stereocenters. The van der Waals surface area contributed by atoms with E-state index in [0.717, 1.165) is 30.7 Å². The van der Waals surface area contributed by atoms with Crippen LogP contribution >= 0.6 is 0 Å². The largest absolute Gasteiger partial charge is 0.468 e. The van der Waals surface area contributed by atoms with Gasteiger partial charge in [-0.1, -0.05) is 0 Å². The number of nitrogens with zero attached hydrogens (tertiary/aromatic N) is 1. The van der Waals surface area contributed by atoms with Gasteiger partial charge in [-0.15, -0.1) is 0 Å². The van der Waals surface area contributed by atoms with Gasteiger partial charge in [0.2, 0.25) is 0 Å². The van der Waals surface area contributed by atoms with E-state index >= 15 is 0 Å². The first kappa shape index (κ1) is 14.2. The number of hydrogen-bond acceptors (Lipinski definition) is 3. The van der Waals surface area contributed by atoms with E-state index in [1.54, 1.807) is 6.26 Å². The Morgan fingerprint density at radius 3 is 2.71 bits per heavy atom. The fourth-order valence-corrected chi connectivity index (χ4v) is 2.69. The Hall–Kier alpha value is -1.72. The first-order chi connectivity index (χ1) is 10.2. The summed E-state index contributed by atoms with van der Waals surface area (Å²) in [5.41, 5.74) is 6.17. The van der Waals surface area contributed by atoms with Crippen molar-refractivity contribution >= 4 is 0 Å². The van der Waals surface area contributed by atoms with Crippen molar-refractivity contribution in [3.63, 3.8) is 0 Å². The second-order valence-electron chi connectivity index (χ2n) is 5.40. The lowest BCUT2D eigenvalue weighted by atomic mass is 10.0. The van der Waals surface area contributed by atoms with E-state index in [4.69, 9.17) is 10.2 Å². The van der Waals surface area contributed by atoms with Gasteiger partial charge in [0.1, 0.15) is 17.4 Å². The normalized spacial score (nSPS) is 16.4. The molecule has 0 aliphatic heterocycles. The van der Waals surface area contributed by atoms with Gasteiger partial charge in [-0.2, -0.15) is 0 Å². The molecule has 3 rings (SSSR count). The Balaban J connectivity index is 1.89. The Morgan fingerprint density at radius 1 is 1.29 bits per heavy atom. The summed E-state index contributed by atoms with van der Waals surface area (Å²) in [7, 11) is 0. The molecular weight excluding hydrogens is 274 g/mol. The molecule has 5 heteroatoms. The summed E-state index contributed by atoms with van der Waals surface area (Å²) in [6, 6.07) is 7.23. The summed E-state index contributed by atoms with van der Waals surface area (Å²) in [6.45, 7) is 0.785. The topological polar surface area (TPSA) is 42.4 Å². The maximum absolute atomic E-state index is 14.1. The third-order valence-electron chi connectivity index (χ3n) is 3.88. The van der Waals surface area contributed by atoms with Gasteiger partial charge >= 0.3 is 0 Å². The fourth-order valence-electron chi connectivity index (χ4n) is 2.69. The van der Waals surface area contributed by atoms with Gasteiger partial charge in [0.05, 0.1) is 18.8 Å². The zero-order chi connectivity index (χ0) is 14.8. The maximum atomic E-state index is 14.1. The molecule has 21 heavy (non-hydrogen) atoms. The third kappa shape index (κ3) is 3.14. The van der Waals surface area contributed by atoms with Crippen LogP contribution < -0.4 is 5.73 Å². The highest BCUT2D eigenvalue weighted by Crippen LogP contribution is 2.36. The highest BCUT2D eigenvalue weighted by atomic mass is 19.1. The predicted molar refractivity (Wildman–Crippen MR) is 75.4 cm³/mol. The second kappa shape index (κ2) is 5.95. The lowest BCUT2D eigenvalue weighted by Gasteiger charge is -2.31. The van der Waals surface area contributed by atoms with E-state index in [1.165, 1.54) is 6.07 Å². The average molecular weight is 292 g/mol. The molecule has 3 nitrogen and oxygen atoms in total. The summed E-state index contributed by atoms with van der Waals surface area (Å²) < 4.78 is 32.9. The third-order valence-corrected chi connectivity index (χ3v) is 3.88. The zero-order valence-corrected chi connectivity index (χ0v) is 11.6. The van der Waals surface area contributed by atoms with Crippen LogP contribution in [0.1, 0.15) is 30.2 Å². The average Bonchev–Trinajstić information content (AvgIpc) is 3.19. The van der Waals surface area contributed by atoms with Crippen LogP contribution in [0.15, 0.2) is 41.0 Å². The first-order valence-electron chi connectivity index (χ1n) is 7.12. The minimum Gasteiger partial charge on any atom is -0.468 e. The quantitative estimate of drug-likeness (QED) is 0.889. The van der Waals surface area contributed by atoms with Gasteiger partial charge in [-0.05, 0) is 43.2 Å². The molecule has 0 saturated heterocycles. The maximum Gasteiger partial charge on any atom is 0.128 e. The van der Waals surface area contributed by atoms with E-state index in [0.29, 0.717) is 18.2 Å². The van der Waals surface area contributed by atoms with Crippen LogP contribution in [-0.4, -0.2) is 17.5 Å². The smallest absolute Gasteiger partial charge is 0.128 e. The minimum atomic E-state index is -0.446. The highest BCUT2D eigenvalue weighted by molar-refractivity contribution is 5.23. The van der Waals surface area contributed by atoms with Gasteiger partial charge < -0.3 is 10.2 Å². The molecule has 1 saturated carbocycles. The SMILES string of the molecule is NCC(c1cc(F)ccc1F)N(Cc1ccco1)C1CC1. The van der Waals surface area contributed by atoms with Crippen molar-refractivity contribution in [2.75, 3.05) is 6.54 Å². The Kier molecular flexibility index (Phi) is 4.03. The summed E-state index contributed by atoms with van der Waals surface area (Å²) in [4.78, 5) is 2.11. The van der Waals surface area contributed by atoms with Crippen molar-refractivity contribution in [3.05, 3.63) is 59.6 Å². The number of rotatable bonds is 6.